The summed E-state index contributed by atoms with van der Waals surface area (Å²) in [5.41, 5.74) is 7.01. The summed E-state index contributed by atoms with van der Waals surface area (Å²) in [5.74, 6) is 0.135. The molecule has 0 aliphatic carbocycles. The Labute approximate surface area is 113 Å². The molecule has 1 heterocycles. The average Bonchev–Trinajstić information content (AvgIpc) is 2.37. The lowest BCUT2D eigenvalue weighted by molar-refractivity contribution is -0.0626. The predicted molar refractivity (Wildman–Crippen MR) is 72.1 cm³/mol. The van der Waals surface area contributed by atoms with Crippen molar-refractivity contribution in [2.45, 2.75) is 26.1 Å². The molecule has 0 bridgehead atoms. The summed E-state index contributed by atoms with van der Waals surface area (Å²) < 4.78 is 5.64. The largest absolute Gasteiger partial charge is 0.508 e. The number of amides is 1. The van der Waals surface area contributed by atoms with Crippen LogP contribution in [-0.4, -0.2) is 47.8 Å². The summed E-state index contributed by atoms with van der Waals surface area (Å²) in [5, 5.41) is 9.39. The van der Waals surface area contributed by atoms with Gasteiger partial charge in [-0.05, 0) is 37.6 Å². The third-order valence-electron chi connectivity index (χ3n) is 3.32. The van der Waals surface area contributed by atoms with Crippen LogP contribution in [0.1, 0.15) is 22.8 Å². The maximum Gasteiger partial charge on any atom is 0.254 e. The number of benzene rings is 1. The Bertz CT molecular complexity index is 476. The summed E-state index contributed by atoms with van der Waals surface area (Å²) >= 11 is 0. The lowest BCUT2D eigenvalue weighted by Crippen LogP contribution is -2.51. The van der Waals surface area contributed by atoms with Crippen molar-refractivity contribution in [2.75, 3.05) is 19.6 Å². The fourth-order valence-electron chi connectivity index (χ4n) is 2.40. The maximum absolute atomic E-state index is 12.5. The van der Waals surface area contributed by atoms with Gasteiger partial charge in [-0.3, -0.25) is 4.79 Å². The first-order chi connectivity index (χ1) is 9.01. The van der Waals surface area contributed by atoms with Crippen molar-refractivity contribution in [3.63, 3.8) is 0 Å². The van der Waals surface area contributed by atoms with E-state index in [4.69, 9.17) is 10.5 Å². The standard InChI is InChI=1S/C14H20N2O3/c1-9-5-11(17)3-4-13(9)14(18)16-7-10(2)19-12(6-15)8-16/h3-5,10,12,17H,6-8,15H2,1-2H3. The number of nitrogens with two attached hydrogens (primary N) is 1. The van der Waals surface area contributed by atoms with Crippen LogP contribution in [0.4, 0.5) is 0 Å². The number of aromatic hydroxyl groups is 1. The highest BCUT2D eigenvalue weighted by Crippen LogP contribution is 2.19. The second-order valence-electron chi connectivity index (χ2n) is 5.01. The third kappa shape index (κ3) is 3.05. The first-order valence-electron chi connectivity index (χ1n) is 6.45. The summed E-state index contributed by atoms with van der Waals surface area (Å²) in [6.45, 7) is 5.24. The van der Waals surface area contributed by atoms with E-state index in [0.717, 1.165) is 5.56 Å². The Morgan fingerprint density at radius 2 is 2.26 bits per heavy atom. The van der Waals surface area contributed by atoms with Crippen molar-refractivity contribution in [3.05, 3.63) is 29.3 Å². The van der Waals surface area contributed by atoms with E-state index < -0.39 is 0 Å². The van der Waals surface area contributed by atoms with Gasteiger partial charge in [0.1, 0.15) is 5.75 Å². The number of phenols is 1. The molecular formula is C14H20N2O3. The highest BCUT2D eigenvalue weighted by Gasteiger charge is 2.28. The highest BCUT2D eigenvalue weighted by atomic mass is 16.5. The van der Waals surface area contributed by atoms with Crippen molar-refractivity contribution in [1.82, 2.24) is 4.90 Å². The molecule has 104 valence electrons. The van der Waals surface area contributed by atoms with E-state index >= 15 is 0 Å². The van der Waals surface area contributed by atoms with E-state index in [1.807, 2.05) is 13.8 Å². The molecule has 0 spiro atoms. The van der Waals surface area contributed by atoms with Crippen molar-refractivity contribution >= 4 is 5.91 Å². The van der Waals surface area contributed by atoms with E-state index in [1.165, 1.54) is 6.07 Å². The van der Waals surface area contributed by atoms with Gasteiger partial charge in [0.05, 0.1) is 12.2 Å². The molecule has 0 radical (unpaired) electrons. The van der Waals surface area contributed by atoms with E-state index in [1.54, 1.807) is 17.0 Å². The SMILES string of the molecule is Cc1cc(O)ccc1C(=O)N1CC(C)OC(CN)C1. The Kier molecular flexibility index (Phi) is 4.07. The molecule has 1 amide bonds. The molecule has 2 rings (SSSR count). The molecule has 19 heavy (non-hydrogen) atoms. The van der Waals surface area contributed by atoms with Gasteiger partial charge in [-0.1, -0.05) is 0 Å². The van der Waals surface area contributed by atoms with Gasteiger partial charge in [0.15, 0.2) is 0 Å². The number of ether oxygens (including phenoxy) is 1. The first-order valence-corrected chi connectivity index (χ1v) is 6.45. The number of rotatable bonds is 2. The minimum Gasteiger partial charge on any atom is -0.508 e. The summed E-state index contributed by atoms with van der Waals surface area (Å²) in [4.78, 5) is 14.3. The number of aryl methyl sites for hydroxylation is 1. The average molecular weight is 264 g/mol. The van der Waals surface area contributed by atoms with E-state index in [2.05, 4.69) is 0 Å². The smallest absolute Gasteiger partial charge is 0.254 e. The summed E-state index contributed by atoms with van der Waals surface area (Å²) in [6.07, 6.45) is -0.117. The van der Waals surface area contributed by atoms with Crippen LogP contribution in [0.2, 0.25) is 0 Å². The van der Waals surface area contributed by atoms with Gasteiger partial charge in [-0.2, -0.15) is 0 Å². The van der Waals surface area contributed by atoms with Crippen molar-refractivity contribution in [3.8, 4) is 5.75 Å². The molecule has 2 atom stereocenters. The summed E-state index contributed by atoms with van der Waals surface area (Å²) in [6, 6.07) is 4.78. The number of phenolic OH excluding ortho intramolecular Hbond substituents is 1. The van der Waals surface area contributed by atoms with Crippen LogP contribution in [0.3, 0.4) is 0 Å². The van der Waals surface area contributed by atoms with Crippen LogP contribution in [0.25, 0.3) is 0 Å². The molecule has 1 aliphatic heterocycles. The van der Waals surface area contributed by atoms with Crippen molar-refractivity contribution in [1.29, 1.82) is 0 Å². The Morgan fingerprint density at radius 3 is 2.89 bits per heavy atom. The van der Waals surface area contributed by atoms with Crippen LogP contribution in [0.5, 0.6) is 5.75 Å². The Hall–Kier alpha value is -1.59. The lowest BCUT2D eigenvalue weighted by Gasteiger charge is -2.36. The molecule has 5 nitrogen and oxygen atoms in total. The second-order valence-corrected chi connectivity index (χ2v) is 5.01. The molecule has 1 saturated heterocycles. The lowest BCUT2D eigenvalue weighted by atomic mass is 10.1. The van der Waals surface area contributed by atoms with Crippen LogP contribution >= 0.6 is 0 Å². The zero-order valence-electron chi connectivity index (χ0n) is 11.3. The molecule has 5 heteroatoms. The molecule has 1 aromatic rings. The Morgan fingerprint density at radius 1 is 1.53 bits per heavy atom. The zero-order valence-corrected chi connectivity index (χ0v) is 11.3. The number of carbonyl (C=O) groups is 1. The number of hydrogen-bond acceptors (Lipinski definition) is 4. The number of hydrogen-bond donors (Lipinski definition) is 2. The molecule has 0 saturated carbocycles. The quantitative estimate of drug-likeness (QED) is 0.831. The summed E-state index contributed by atoms with van der Waals surface area (Å²) in [7, 11) is 0. The normalized spacial score (nSPS) is 23.4. The Balaban J connectivity index is 2.18. The molecular weight excluding hydrogens is 244 g/mol. The third-order valence-corrected chi connectivity index (χ3v) is 3.32. The molecule has 1 fully saturated rings. The molecule has 3 N–H and O–H groups in total. The topological polar surface area (TPSA) is 75.8 Å². The van der Waals surface area contributed by atoms with Gasteiger partial charge in [0.25, 0.3) is 5.91 Å². The van der Waals surface area contributed by atoms with Crippen molar-refractivity contribution < 1.29 is 14.6 Å². The zero-order chi connectivity index (χ0) is 14.0. The van der Waals surface area contributed by atoms with Gasteiger partial charge in [0, 0.05) is 25.2 Å². The minimum atomic E-state index is -0.106. The number of morpholine rings is 1. The van der Waals surface area contributed by atoms with E-state index in [0.29, 0.717) is 25.2 Å². The van der Waals surface area contributed by atoms with E-state index in [-0.39, 0.29) is 23.9 Å². The van der Waals surface area contributed by atoms with Crippen LogP contribution in [0, 0.1) is 6.92 Å². The second kappa shape index (κ2) is 5.59. The molecule has 2 unspecified atom stereocenters. The fourth-order valence-corrected chi connectivity index (χ4v) is 2.40. The van der Waals surface area contributed by atoms with Gasteiger partial charge < -0.3 is 20.5 Å². The fraction of sp³-hybridized carbons (Fsp3) is 0.500. The predicted octanol–water partition coefficient (Wildman–Crippen LogP) is 0.889. The molecule has 1 aliphatic rings. The van der Waals surface area contributed by atoms with Crippen LogP contribution in [-0.2, 0) is 4.74 Å². The van der Waals surface area contributed by atoms with Crippen LogP contribution in [0.15, 0.2) is 18.2 Å². The van der Waals surface area contributed by atoms with Crippen LogP contribution < -0.4 is 5.73 Å². The van der Waals surface area contributed by atoms with Gasteiger partial charge >= 0.3 is 0 Å². The maximum atomic E-state index is 12.5. The molecule has 0 aromatic heterocycles. The van der Waals surface area contributed by atoms with Gasteiger partial charge in [0.2, 0.25) is 0 Å². The van der Waals surface area contributed by atoms with E-state index in [9.17, 15) is 9.90 Å². The number of nitrogens with zero attached hydrogens (tertiary/aromatic N) is 1. The first kappa shape index (κ1) is 13.8. The van der Waals surface area contributed by atoms with Gasteiger partial charge in [-0.15, -0.1) is 0 Å². The highest BCUT2D eigenvalue weighted by molar-refractivity contribution is 5.95. The van der Waals surface area contributed by atoms with Crippen molar-refractivity contribution in [2.24, 2.45) is 5.73 Å². The minimum absolute atomic E-state index is 0.0105. The molecule has 1 aromatic carbocycles. The van der Waals surface area contributed by atoms with Gasteiger partial charge in [-0.25, -0.2) is 0 Å². The monoisotopic (exact) mass is 264 g/mol. The number of carbonyl (C=O) groups excluding carboxylic acids is 1.